The number of rotatable bonds is 3. The Kier molecular flexibility index (Phi) is 3.62. The Bertz CT molecular complexity index is 1030. The summed E-state index contributed by atoms with van der Waals surface area (Å²) >= 11 is 0. The molecule has 2 fully saturated rings. The molecule has 1 aliphatic heterocycles. The van der Waals surface area contributed by atoms with Crippen LogP contribution in [0.5, 0.6) is 0 Å². The smallest absolute Gasteiger partial charge is 0.341 e. The number of aromatic nitrogens is 1. The zero-order valence-electron chi connectivity index (χ0n) is 13.8. The first-order valence-corrected chi connectivity index (χ1v) is 8.28. The standard InChI is InChI=1S/C18H17F2N3O3/c1-8-5-22(7-13(8)21)16-12(19)4-10-15(14(16)20)23(9-2-3-9)6-11(17(10)24)18(25)26/h4,6,9,13H,1-3,5,7,21H2,(H,25,26). The number of hydrogen-bond donors (Lipinski definition) is 2. The molecular formula is C18H17F2N3O3. The lowest BCUT2D eigenvalue weighted by atomic mass is 10.1. The summed E-state index contributed by atoms with van der Waals surface area (Å²) in [4.78, 5) is 25.2. The number of nitrogens with zero attached hydrogens (tertiary/aromatic N) is 2. The highest BCUT2D eigenvalue weighted by atomic mass is 19.1. The van der Waals surface area contributed by atoms with Crippen molar-refractivity contribution < 1.29 is 18.7 Å². The SMILES string of the molecule is C=C1CN(c2c(F)cc3c(=O)c(C(=O)O)cn(C4CC4)c3c2F)CC1N. The van der Waals surface area contributed by atoms with Crippen molar-refractivity contribution in [1.29, 1.82) is 0 Å². The maximum atomic E-state index is 15.3. The first-order valence-electron chi connectivity index (χ1n) is 8.28. The van der Waals surface area contributed by atoms with Gasteiger partial charge in [-0.3, -0.25) is 4.79 Å². The number of fused-ring (bicyclic) bond motifs is 1. The van der Waals surface area contributed by atoms with E-state index in [0.717, 1.165) is 25.1 Å². The van der Waals surface area contributed by atoms with Crippen LogP contribution in [-0.4, -0.2) is 34.8 Å². The Labute approximate surface area is 147 Å². The topological polar surface area (TPSA) is 88.6 Å². The van der Waals surface area contributed by atoms with Crippen molar-refractivity contribution in [2.24, 2.45) is 5.73 Å². The van der Waals surface area contributed by atoms with E-state index < -0.39 is 28.6 Å². The molecule has 3 N–H and O–H groups in total. The number of halogens is 2. The number of pyridine rings is 1. The Morgan fingerprint density at radius 3 is 2.58 bits per heavy atom. The number of hydrogen-bond acceptors (Lipinski definition) is 4. The van der Waals surface area contributed by atoms with E-state index in [1.54, 1.807) is 0 Å². The third-order valence-electron chi connectivity index (χ3n) is 5.01. The number of nitrogens with two attached hydrogens (primary N) is 1. The van der Waals surface area contributed by atoms with Gasteiger partial charge in [0, 0.05) is 31.4 Å². The van der Waals surface area contributed by atoms with Crippen molar-refractivity contribution in [3.63, 3.8) is 0 Å². The molecule has 1 unspecified atom stereocenters. The molecule has 2 heterocycles. The molecule has 1 aromatic carbocycles. The van der Waals surface area contributed by atoms with E-state index in [1.165, 1.54) is 9.47 Å². The summed E-state index contributed by atoms with van der Waals surface area (Å²) in [5, 5.41) is 8.98. The Morgan fingerprint density at radius 2 is 2.04 bits per heavy atom. The maximum absolute atomic E-state index is 15.3. The van der Waals surface area contributed by atoms with Gasteiger partial charge in [-0.2, -0.15) is 0 Å². The van der Waals surface area contributed by atoms with Gasteiger partial charge in [0.1, 0.15) is 17.1 Å². The maximum Gasteiger partial charge on any atom is 0.341 e. The minimum absolute atomic E-state index is 0.0648. The van der Waals surface area contributed by atoms with Crippen LogP contribution < -0.4 is 16.1 Å². The van der Waals surface area contributed by atoms with E-state index in [2.05, 4.69) is 6.58 Å². The van der Waals surface area contributed by atoms with Crippen LogP contribution in [-0.2, 0) is 0 Å². The second-order valence-corrected chi connectivity index (χ2v) is 6.88. The summed E-state index contributed by atoms with van der Waals surface area (Å²) in [6, 6.07) is 0.442. The fraction of sp³-hybridized carbons (Fsp3) is 0.333. The molecule has 6 nitrogen and oxygen atoms in total. The van der Waals surface area contributed by atoms with Gasteiger partial charge < -0.3 is 20.3 Å². The molecule has 0 spiro atoms. The van der Waals surface area contributed by atoms with Crippen molar-refractivity contribution in [3.05, 3.63) is 51.8 Å². The number of aromatic carboxylic acids is 1. The highest BCUT2D eigenvalue weighted by Crippen LogP contribution is 2.40. The lowest BCUT2D eigenvalue weighted by Gasteiger charge is -2.22. The Morgan fingerprint density at radius 1 is 1.35 bits per heavy atom. The van der Waals surface area contributed by atoms with E-state index in [9.17, 15) is 19.1 Å². The molecule has 26 heavy (non-hydrogen) atoms. The molecular weight excluding hydrogens is 344 g/mol. The van der Waals surface area contributed by atoms with Gasteiger partial charge in [0.05, 0.1) is 10.9 Å². The Balaban J connectivity index is 2.02. The highest BCUT2D eigenvalue weighted by Gasteiger charge is 2.33. The summed E-state index contributed by atoms with van der Waals surface area (Å²) in [6.07, 6.45) is 2.65. The molecule has 1 aliphatic carbocycles. The molecule has 136 valence electrons. The first-order chi connectivity index (χ1) is 12.3. The minimum atomic E-state index is -1.42. The second kappa shape index (κ2) is 5.63. The molecule has 2 aliphatic rings. The molecule has 0 bridgehead atoms. The molecule has 1 saturated carbocycles. The fourth-order valence-corrected chi connectivity index (χ4v) is 3.48. The zero-order valence-corrected chi connectivity index (χ0v) is 13.8. The van der Waals surface area contributed by atoms with E-state index in [-0.39, 0.29) is 41.8 Å². The minimum Gasteiger partial charge on any atom is -0.477 e. The largest absolute Gasteiger partial charge is 0.477 e. The van der Waals surface area contributed by atoms with Crippen LogP contribution in [0.15, 0.2) is 29.2 Å². The molecule has 1 saturated heterocycles. The molecule has 0 radical (unpaired) electrons. The molecule has 4 rings (SSSR count). The number of benzene rings is 1. The van der Waals surface area contributed by atoms with E-state index >= 15 is 4.39 Å². The molecule has 8 heteroatoms. The summed E-state index contributed by atoms with van der Waals surface area (Å²) < 4.78 is 31.5. The lowest BCUT2D eigenvalue weighted by Crippen LogP contribution is -2.28. The van der Waals surface area contributed by atoms with Crippen molar-refractivity contribution in [3.8, 4) is 0 Å². The van der Waals surface area contributed by atoms with E-state index in [4.69, 9.17) is 5.73 Å². The molecule has 0 amide bonds. The number of carboxylic acids is 1. The van der Waals surface area contributed by atoms with Gasteiger partial charge in [-0.05, 0) is 24.5 Å². The van der Waals surface area contributed by atoms with Gasteiger partial charge in [0.2, 0.25) is 5.43 Å². The normalized spacial score (nSPS) is 20.2. The van der Waals surface area contributed by atoms with Crippen molar-refractivity contribution in [2.75, 3.05) is 18.0 Å². The summed E-state index contributed by atoms with van der Waals surface area (Å²) in [5.41, 5.74) is 4.84. The van der Waals surface area contributed by atoms with Crippen molar-refractivity contribution in [2.45, 2.75) is 24.9 Å². The third-order valence-corrected chi connectivity index (χ3v) is 5.01. The van der Waals surface area contributed by atoms with Gasteiger partial charge in [0.25, 0.3) is 0 Å². The second-order valence-electron chi connectivity index (χ2n) is 6.88. The summed E-state index contributed by atoms with van der Waals surface area (Å²) in [6.45, 7) is 4.25. The summed E-state index contributed by atoms with van der Waals surface area (Å²) in [5.74, 6) is -3.21. The molecule has 1 atom stereocenters. The van der Waals surface area contributed by atoms with Crippen molar-refractivity contribution in [1.82, 2.24) is 4.57 Å². The van der Waals surface area contributed by atoms with Gasteiger partial charge in [-0.25, -0.2) is 13.6 Å². The van der Waals surface area contributed by atoms with Crippen LogP contribution in [0.3, 0.4) is 0 Å². The predicted octanol–water partition coefficient (Wildman–Crippen LogP) is 2.02. The van der Waals surface area contributed by atoms with Gasteiger partial charge in [-0.1, -0.05) is 6.58 Å². The van der Waals surface area contributed by atoms with Gasteiger partial charge >= 0.3 is 5.97 Å². The lowest BCUT2D eigenvalue weighted by molar-refractivity contribution is 0.0695. The number of carboxylic acid groups (broad SMARTS) is 1. The van der Waals surface area contributed by atoms with Gasteiger partial charge in [-0.15, -0.1) is 0 Å². The average molecular weight is 361 g/mol. The Hall–Kier alpha value is -2.74. The van der Waals surface area contributed by atoms with Crippen LogP contribution >= 0.6 is 0 Å². The predicted molar refractivity (Wildman–Crippen MR) is 92.7 cm³/mol. The highest BCUT2D eigenvalue weighted by molar-refractivity contribution is 5.94. The van der Waals surface area contributed by atoms with Crippen LogP contribution in [0.1, 0.15) is 29.2 Å². The molecule has 1 aromatic heterocycles. The number of carbonyl (C=O) groups is 1. The van der Waals surface area contributed by atoms with E-state index in [0.29, 0.717) is 5.57 Å². The van der Waals surface area contributed by atoms with Crippen molar-refractivity contribution >= 4 is 22.6 Å². The van der Waals surface area contributed by atoms with Crippen LogP contribution in [0, 0.1) is 11.6 Å². The summed E-state index contributed by atoms with van der Waals surface area (Å²) in [7, 11) is 0. The van der Waals surface area contributed by atoms with E-state index in [1.807, 2.05) is 0 Å². The monoisotopic (exact) mass is 361 g/mol. The molecule has 2 aromatic rings. The quantitative estimate of drug-likeness (QED) is 0.817. The van der Waals surface area contributed by atoms with Gasteiger partial charge in [0.15, 0.2) is 5.82 Å². The first kappa shape index (κ1) is 16.7. The van der Waals surface area contributed by atoms with Crippen LogP contribution in [0.4, 0.5) is 14.5 Å². The number of anilines is 1. The fourth-order valence-electron chi connectivity index (χ4n) is 3.48. The average Bonchev–Trinajstić information content (AvgIpc) is 3.35. The van der Waals surface area contributed by atoms with Crippen LogP contribution in [0.2, 0.25) is 0 Å². The third kappa shape index (κ3) is 2.40. The van der Waals surface area contributed by atoms with Crippen LogP contribution in [0.25, 0.3) is 10.9 Å². The zero-order chi connectivity index (χ0) is 18.7.